The first-order valence-corrected chi connectivity index (χ1v) is 8.38. The van der Waals surface area contributed by atoms with Crippen LogP contribution in [0.1, 0.15) is 46.0 Å². The van der Waals surface area contributed by atoms with Crippen LogP contribution in [0, 0.1) is 11.8 Å². The monoisotopic (exact) mass is 317 g/mol. The molecule has 0 aromatic rings. The molecule has 124 valence electrons. The number of halogens is 1. The Balaban J connectivity index is 0.00000220. The summed E-state index contributed by atoms with van der Waals surface area (Å²) in [7, 11) is 0. The van der Waals surface area contributed by atoms with E-state index in [9.17, 15) is 4.79 Å². The smallest absolute Gasteiger partial charge is 0.223 e. The summed E-state index contributed by atoms with van der Waals surface area (Å²) in [4.78, 5) is 14.6. The van der Waals surface area contributed by atoms with E-state index in [0.29, 0.717) is 6.04 Å². The summed E-state index contributed by atoms with van der Waals surface area (Å²) in [6, 6.07) is 0.481. The third-order valence-electron chi connectivity index (χ3n) is 4.82. The summed E-state index contributed by atoms with van der Waals surface area (Å²) in [5, 5.41) is 6.52. The van der Waals surface area contributed by atoms with Gasteiger partial charge in [0.05, 0.1) is 0 Å². The summed E-state index contributed by atoms with van der Waals surface area (Å²) >= 11 is 0. The lowest BCUT2D eigenvalue weighted by atomic mass is 9.92. The second-order valence-corrected chi connectivity index (χ2v) is 6.75. The highest BCUT2D eigenvalue weighted by Gasteiger charge is 2.24. The molecule has 0 aliphatic carbocycles. The van der Waals surface area contributed by atoms with E-state index >= 15 is 0 Å². The molecule has 0 saturated carbocycles. The van der Waals surface area contributed by atoms with Crippen molar-refractivity contribution in [3.05, 3.63) is 0 Å². The standard InChI is InChI=1S/C16H31N3O.ClH/c1-13-5-10-19(11-6-13)9-3-7-18-16(20)15-4-8-17-14(2)12-15;/h13-15,17H,3-12H2,1-2H3,(H,18,20);1H/t14-,15-;/m0./s1. The van der Waals surface area contributed by atoms with E-state index in [-0.39, 0.29) is 24.2 Å². The minimum absolute atomic E-state index is 0. The Morgan fingerprint density at radius 2 is 1.95 bits per heavy atom. The topological polar surface area (TPSA) is 44.4 Å². The zero-order chi connectivity index (χ0) is 14.4. The fourth-order valence-electron chi connectivity index (χ4n) is 3.31. The van der Waals surface area contributed by atoms with Gasteiger partial charge in [-0.1, -0.05) is 6.92 Å². The molecule has 4 nitrogen and oxygen atoms in total. The van der Waals surface area contributed by atoms with Crippen LogP contribution in [-0.2, 0) is 4.79 Å². The van der Waals surface area contributed by atoms with E-state index in [4.69, 9.17) is 0 Å². The van der Waals surface area contributed by atoms with Crippen molar-refractivity contribution in [3.8, 4) is 0 Å². The Labute approximate surface area is 135 Å². The summed E-state index contributed by atoms with van der Waals surface area (Å²) in [6.07, 6.45) is 5.72. The van der Waals surface area contributed by atoms with Gasteiger partial charge in [0.1, 0.15) is 0 Å². The molecular weight excluding hydrogens is 286 g/mol. The van der Waals surface area contributed by atoms with Crippen molar-refractivity contribution in [1.82, 2.24) is 15.5 Å². The molecule has 0 radical (unpaired) electrons. The SMILES string of the molecule is CC1CCN(CCCNC(=O)[C@H]2CCN[C@@H](C)C2)CC1.Cl. The van der Waals surface area contributed by atoms with Crippen molar-refractivity contribution in [3.63, 3.8) is 0 Å². The minimum atomic E-state index is 0. The molecule has 2 rings (SSSR count). The highest BCUT2D eigenvalue weighted by atomic mass is 35.5. The highest BCUT2D eigenvalue weighted by Crippen LogP contribution is 2.17. The molecule has 2 aliphatic heterocycles. The molecule has 2 saturated heterocycles. The van der Waals surface area contributed by atoms with Crippen LogP contribution >= 0.6 is 12.4 Å². The lowest BCUT2D eigenvalue weighted by molar-refractivity contribution is -0.126. The van der Waals surface area contributed by atoms with Crippen LogP contribution in [0.5, 0.6) is 0 Å². The number of amides is 1. The molecule has 0 aromatic heterocycles. The predicted octanol–water partition coefficient (Wildman–Crippen LogP) is 2.03. The molecule has 2 aliphatic rings. The molecule has 2 heterocycles. The highest BCUT2D eigenvalue weighted by molar-refractivity contribution is 5.85. The fraction of sp³-hybridized carbons (Fsp3) is 0.938. The van der Waals surface area contributed by atoms with Crippen LogP contribution in [0.2, 0.25) is 0 Å². The maximum absolute atomic E-state index is 12.1. The van der Waals surface area contributed by atoms with E-state index < -0.39 is 0 Å². The predicted molar refractivity (Wildman–Crippen MR) is 89.9 cm³/mol. The van der Waals surface area contributed by atoms with Crippen molar-refractivity contribution in [2.45, 2.75) is 52.0 Å². The average Bonchev–Trinajstić information content (AvgIpc) is 2.45. The van der Waals surface area contributed by atoms with Crippen molar-refractivity contribution >= 4 is 18.3 Å². The van der Waals surface area contributed by atoms with Gasteiger partial charge in [0.25, 0.3) is 0 Å². The molecule has 0 aromatic carbocycles. The van der Waals surface area contributed by atoms with Crippen LogP contribution in [0.25, 0.3) is 0 Å². The molecule has 21 heavy (non-hydrogen) atoms. The zero-order valence-corrected chi connectivity index (χ0v) is 14.4. The van der Waals surface area contributed by atoms with Crippen LogP contribution in [0.15, 0.2) is 0 Å². The number of hydrogen-bond acceptors (Lipinski definition) is 3. The number of carbonyl (C=O) groups is 1. The number of rotatable bonds is 5. The number of carbonyl (C=O) groups excluding carboxylic acids is 1. The molecule has 2 N–H and O–H groups in total. The number of piperidine rings is 2. The van der Waals surface area contributed by atoms with Gasteiger partial charge in [-0.05, 0) is 71.1 Å². The summed E-state index contributed by atoms with van der Waals surface area (Å²) in [5.41, 5.74) is 0. The molecule has 1 amide bonds. The number of hydrogen-bond donors (Lipinski definition) is 2. The minimum Gasteiger partial charge on any atom is -0.356 e. The van der Waals surface area contributed by atoms with Crippen molar-refractivity contribution in [2.24, 2.45) is 11.8 Å². The first kappa shape index (κ1) is 18.7. The van der Waals surface area contributed by atoms with Crippen molar-refractivity contribution in [1.29, 1.82) is 0 Å². The molecular formula is C16H32ClN3O. The van der Waals surface area contributed by atoms with Gasteiger partial charge in [0.15, 0.2) is 0 Å². The third-order valence-corrected chi connectivity index (χ3v) is 4.82. The number of likely N-dealkylation sites (tertiary alicyclic amines) is 1. The maximum Gasteiger partial charge on any atom is 0.223 e. The summed E-state index contributed by atoms with van der Waals surface area (Å²) < 4.78 is 0. The lowest BCUT2D eigenvalue weighted by Gasteiger charge is -2.30. The normalized spacial score (nSPS) is 27.9. The zero-order valence-electron chi connectivity index (χ0n) is 13.6. The third kappa shape index (κ3) is 6.54. The van der Waals surface area contributed by atoms with Gasteiger partial charge in [-0.3, -0.25) is 4.79 Å². The molecule has 5 heteroatoms. The molecule has 0 bridgehead atoms. The van der Waals surface area contributed by atoms with Crippen LogP contribution in [0.3, 0.4) is 0 Å². The van der Waals surface area contributed by atoms with Gasteiger partial charge >= 0.3 is 0 Å². The Hall–Kier alpha value is -0.320. The Morgan fingerprint density at radius 1 is 1.24 bits per heavy atom. The Morgan fingerprint density at radius 3 is 2.62 bits per heavy atom. The first-order valence-electron chi connectivity index (χ1n) is 8.38. The van der Waals surface area contributed by atoms with E-state index in [1.165, 1.54) is 25.9 Å². The average molecular weight is 318 g/mol. The van der Waals surface area contributed by atoms with Crippen LogP contribution < -0.4 is 10.6 Å². The second kappa shape index (κ2) is 9.65. The lowest BCUT2D eigenvalue weighted by Crippen LogP contribution is -2.43. The maximum atomic E-state index is 12.1. The van der Waals surface area contributed by atoms with E-state index in [0.717, 1.165) is 44.8 Å². The molecule has 2 atom stereocenters. The Kier molecular flexibility index (Phi) is 8.60. The molecule has 0 unspecified atom stereocenters. The van der Waals surface area contributed by atoms with Crippen molar-refractivity contribution in [2.75, 3.05) is 32.7 Å². The van der Waals surface area contributed by atoms with Crippen LogP contribution in [0.4, 0.5) is 0 Å². The quantitative estimate of drug-likeness (QED) is 0.763. The van der Waals surface area contributed by atoms with Gasteiger partial charge in [-0.15, -0.1) is 12.4 Å². The van der Waals surface area contributed by atoms with Gasteiger partial charge in [-0.25, -0.2) is 0 Å². The first-order chi connectivity index (χ1) is 9.65. The van der Waals surface area contributed by atoms with E-state index in [1.54, 1.807) is 0 Å². The second-order valence-electron chi connectivity index (χ2n) is 6.75. The van der Waals surface area contributed by atoms with Gasteiger partial charge in [-0.2, -0.15) is 0 Å². The number of nitrogens with zero attached hydrogens (tertiary/aromatic N) is 1. The molecule has 2 fully saturated rings. The summed E-state index contributed by atoms with van der Waals surface area (Å²) in [6.45, 7) is 9.93. The van der Waals surface area contributed by atoms with E-state index in [2.05, 4.69) is 29.4 Å². The summed E-state index contributed by atoms with van der Waals surface area (Å²) in [5.74, 6) is 1.39. The van der Waals surface area contributed by atoms with Gasteiger partial charge in [0.2, 0.25) is 5.91 Å². The fourth-order valence-corrected chi connectivity index (χ4v) is 3.31. The van der Waals surface area contributed by atoms with Gasteiger partial charge in [0, 0.05) is 18.5 Å². The largest absolute Gasteiger partial charge is 0.356 e. The van der Waals surface area contributed by atoms with Crippen molar-refractivity contribution < 1.29 is 4.79 Å². The van der Waals surface area contributed by atoms with Gasteiger partial charge < -0.3 is 15.5 Å². The Bertz CT molecular complexity index is 306. The number of nitrogens with one attached hydrogen (secondary N) is 2. The van der Waals surface area contributed by atoms with Crippen LogP contribution in [-0.4, -0.2) is 49.6 Å². The molecule has 0 spiro atoms. The van der Waals surface area contributed by atoms with E-state index in [1.807, 2.05) is 0 Å².